The van der Waals surface area contributed by atoms with Gasteiger partial charge >= 0.3 is 0 Å². The monoisotopic (exact) mass is 158 g/mol. The largest absolute Gasteiger partial charge is 0.361 e. The maximum atomic E-state index is 4.85. The van der Waals surface area contributed by atoms with Gasteiger partial charge in [-0.05, 0) is 14.0 Å². The fourth-order valence-corrected chi connectivity index (χ4v) is 0.872. The molecule has 0 unspecified atom stereocenters. The summed E-state index contributed by atoms with van der Waals surface area (Å²) in [5.74, 6) is 0.838. The van der Waals surface area contributed by atoms with Crippen molar-refractivity contribution in [2.24, 2.45) is 0 Å². The second kappa shape index (κ2) is 3.07. The number of nitrogens with zero attached hydrogens (tertiary/aromatic N) is 2. The molecule has 0 aliphatic rings. The van der Waals surface area contributed by atoms with Crippen molar-refractivity contribution in [3.05, 3.63) is 17.5 Å². The molecule has 0 saturated heterocycles. The summed E-state index contributed by atoms with van der Waals surface area (Å²) in [6.07, 6.45) is 0. The van der Waals surface area contributed by atoms with Crippen molar-refractivity contribution >= 4 is 12.8 Å². The van der Waals surface area contributed by atoms with E-state index in [0.717, 1.165) is 11.5 Å². The number of thiol groups is 1. The predicted octanol–water partition coefficient (Wildman–Crippen LogP) is 1.26. The SMILES string of the molecule is Cc1cc(CN(C)S)no1. The Morgan fingerprint density at radius 1 is 1.80 bits per heavy atom. The van der Waals surface area contributed by atoms with Crippen LogP contribution in [0.5, 0.6) is 0 Å². The molecule has 0 bridgehead atoms. The lowest BCUT2D eigenvalue weighted by Gasteiger charge is -2.02. The summed E-state index contributed by atoms with van der Waals surface area (Å²) in [7, 11) is 1.87. The van der Waals surface area contributed by atoms with E-state index in [1.54, 1.807) is 4.31 Å². The third-order valence-electron chi connectivity index (χ3n) is 1.07. The highest BCUT2D eigenvalue weighted by molar-refractivity contribution is 7.77. The van der Waals surface area contributed by atoms with Gasteiger partial charge in [-0.3, -0.25) is 4.31 Å². The first-order valence-electron chi connectivity index (χ1n) is 3.00. The first-order chi connectivity index (χ1) is 4.68. The van der Waals surface area contributed by atoms with Crippen LogP contribution in [-0.4, -0.2) is 16.5 Å². The van der Waals surface area contributed by atoms with E-state index >= 15 is 0 Å². The van der Waals surface area contributed by atoms with Gasteiger partial charge in [0.1, 0.15) is 5.76 Å². The van der Waals surface area contributed by atoms with Gasteiger partial charge in [-0.25, -0.2) is 0 Å². The van der Waals surface area contributed by atoms with Crippen molar-refractivity contribution in [2.45, 2.75) is 13.5 Å². The maximum Gasteiger partial charge on any atom is 0.133 e. The molecule has 0 spiro atoms. The highest BCUT2D eigenvalue weighted by atomic mass is 32.1. The van der Waals surface area contributed by atoms with Crippen LogP contribution >= 0.6 is 12.8 Å². The van der Waals surface area contributed by atoms with Crippen LogP contribution in [0.25, 0.3) is 0 Å². The first-order valence-corrected chi connectivity index (χ1v) is 3.40. The van der Waals surface area contributed by atoms with Crippen LogP contribution in [0.2, 0.25) is 0 Å². The van der Waals surface area contributed by atoms with E-state index in [9.17, 15) is 0 Å². The third kappa shape index (κ3) is 2.04. The van der Waals surface area contributed by atoms with E-state index in [4.69, 9.17) is 4.52 Å². The van der Waals surface area contributed by atoms with E-state index in [-0.39, 0.29) is 0 Å². The minimum absolute atomic E-state index is 0.709. The molecule has 0 amide bonds. The van der Waals surface area contributed by atoms with Crippen molar-refractivity contribution in [3.63, 3.8) is 0 Å². The van der Waals surface area contributed by atoms with Gasteiger partial charge in [0.2, 0.25) is 0 Å². The molecule has 1 aromatic heterocycles. The maximum absolute atomic E-state index is 4.85. The number of aromatic nitrogens is 1. The minimum Gasteiger partial charge on any atom is -0.361 e. The second-order valence-corrected chi connectivity index (χ2v) is 2.93. The Bertz CT molecular complexity index is 209. The van der Waals surface area contributed by atoms with Gasteiger partial charge in [0.25, 0.3) is 0 Å². The fraction of sp³-hybridized carbons (Fsp3) is 0.500. The normalized spacial score (nSPS) is 10.8. The minimum atomic E-state index is 0.709. The van der Waals surface area contributed by atoms with Crippen LogP contribution in [-0.2, 0) is 6.54 Å². The van der Waals surface area contributed by atoms with Crippen LogP contribution in [0.1, 0.15) is 11.5 Å². The van der Waals surface area contributed by atoms with E-state index in [2.05, 4.69) is 18.0 Å². The molecule has 3 nitrogen and oxygen atoms in total. The molecule has 1 aromatic rings. The van der Waals surface area contributed by atoms with Crippen LogP contribution < -0.4 is 0 Å². The zero-order chi connectivity index (χ0) is 7.56. The average Bonchev–Trinajstić information content (AvgIpc) is 2.13. The average molecular weight is 158 g/mol. The Hall–Kier alpha value is -0.480. The molecule has 0 aliphatic heterocycles. The Morgan fingerprint density at radius 3 is 2.90 bits per heavy atom. The van der Waals surface area contributed by atoms with E-state index in [1.807, 2.05) is 20.0 Å². The Labute approximate surface area is 65.5 Å². The van der Waals surface area contributed by atoms with E-state index in [0.29, 0.717) is 6.54 Å². The Morgan fingerprint density at radius 2 is 2.50 bits per heavy atom. The number of rotatable bonds is 2. The van der Waals surface area contributed by atoms with E-state index in [1.165, 1.54) is 0 Å². The van der Waals surface area contributed by atoms with Crippen molar-refractivity contribution in [1.29, 1.82) is 0 Å². The fourth-order valence-electron chi connectivity index (χ4n) is 0.727. The van der Waals surface area contributed by atoms with Crippen LogP contribution in [0.15, 0.2) is 10.6 Å². The van der Waals surface area contributed by atoms with Gasteiger partial charge in [0.15, 0.2) is 0 Å². The van der Waals surface area contributed by atoms with Crippen molar-refractivity contribution in [2.75, 3.05) is 7.05 Å². The van der Waals surface area contributed by atoms with Crippen molar-refractivity contribution < 1.29 is 4.52 Å². The zero-order valence-electron chi connectivity index (χ0n) is 6.03. The molecule has 1 rings (SSSR count). The first kappa shape index (κ1) is 7.63. The topological polar surface area (TPSA) is 29.3 Å². The lowest BCUT2D eigenvalue weighted by molar-refractivity contribution is 0.383. The second-order valence-electron chi connectivity index (χ2n) is 2.24. The van der Waals surface area contributed by atoms with Gasteiger partial charge < -0.3 is 4.52 Å². The Kier molecular flexibility index (Phi) is 2.34. The smallest absolute Gasteiger partial charge is 0.133 e. The lowest BCUT2D eigenvalue weighted by Crippen LogP contribution is -2.03. The summed E-state index contributed by atoms with van der Waals surface area (Å²) in [5.41, 5.74) is 0.912. The Balaban J connectivity index is 2.58. The van der Waals surface area contributed by atoms with Crippen LogP contribution in [0, 0.1) is 6.92 Å². The molecule has 56 valence electrons. The van der Waals surface area contributed by atoms with Crippen LogP contribution in [0.3, 0.4) is 0 Å². The van der Waals surface area contributed by atoms with Gasteiger partial charge in [0.05, 0.1) is 12.2 Å². The summed E-state index contributed by atoms with van der Waals surface area (Å²) >= 11 is 4.07. The zero-order valence-corrected chi connectivity index (χ0v) is 6.93. The van der Waals surface area contributed by atoms with Gasteiger partial charge in [-0.1, -0.05) is 18.0 Å². The summed E-state index contributed by atoms with van der Waals surface area (Å²) in [5, 5.41) is 3.79. The predicted molar refractivity (Wildman–Crippen MR) is 41.7 cm³/mol. The summed E-state index contributed by atoms with van der Waals surface area (Å²) < 4.78 is 6.60. The molecule has 0 N–H and O–H groups in total. The molecule has 0 fully saturated rings. The molecular formula is C6H10N2OS. The molecule has 0 saturated carbocycles. The third-order valence-corrected chi connectivity index (χ3v) is 1.21. The summed E-state index contributed by atoms with van der Waals surface area (Å²) in [6, 6.07) is 1.90. The lowest BCUT2D eigenvalue weighted by atomic mass is 10.4. The highest BCUT2D eigenvalue weighted by Gasteiger charge is 2.00. The number of aryl methyl sites for hydroxylation is 1. The van der Waals surface area contributed by atoms with Gasteiger partial charge in [-0.15, -0.1) is 0 Å². The van der Waals surface area contributed by atoms with E-state index < -0.39 is 0 Å². The molecule has 0 radical (unpaired) electrons. The number of hydrogen-bond donors (Lipinski definition) is 1. The highest BCUT2D eigenvalue weighted by Crippen LogP contribution is 2.04. The molecule has 1 heterocycles. The van der Waals surface area contributed by atoms with Gasteiger partial charge in [0, 0.05) is 6.07 Å². The molecule has 0 atom stereocenters. The molecular weight excluding hydrogens is 148 g/mol. The number of hydrogen-bond acceptors (Lipinski definition) is 4. The molecule has 0 aliphatic carbocycles. The van der Waals surface area contributed by atoms with Crippen molar-refractivity contribution in [3.8, 4) is 0 Å². The standard InChI is InChI=1S/C6H10N2OS/c1-5-3-6(7-9-5)4-8(2)10/h3,10H,4H2,1-2H3. The van der Waals surface area contributed by atoms with Crippen molar-refractivity contribution in [1.82, 2.24) is 9.46 Å². The molecule has 10 heavy (non-hydrogen) atoms. The summed E-state index contributed by atoms with van der Waals surface area (Å²) in [4.78, 5) is 0. The molecule has 0 aromatic carbocycles. The van der Waals surface area contributed by atoms with Crippen LogP contribution in [0.4, 0.5) is 0 Å². The molecule has 4 heteroatoms. The summed E-state index contributed by atoms with van der Waals surface area (Å²) in [6.45, 7) is 2.58. The van der Waals surface area contributed by atoms with Gasteiger partial charge in [-0.2, -0.15) is 0 Å². The quantitative estimate of drug-likeness (QED) is 0.657.